The van der Waals surface area contributed by atoms with Gasteiger partial charge in [0.25, 0.3) is 5.91 Å². The molecule has 1 fully saturated rings. The quantitative estimate of drug-likeness (QED) is 0.775. The van der Waals surface area contributed by atoms with Gasteiger partial charge in [0.1, 0.15) is 0 Å². The molecule has 1 aliphatic heterocycles. The summed E-state index contributed by atoms with van der Waals surface area (Å²) in [6, 6.07) is 3.76. The first kappa shape index (κ1) is 12.5. The van der Waals surface area contributed by atoms with Crippen molar-refractivity contribution in [2.75, 3.05) is 27.3 Å². The van der Waals surface area contributed by atoms with Crippen molar-refractivity contribution in [2.24, 2.45) is 0 Å². The highest BCUT2D eigenvalue weighted by molar-refractivity contribution is 7.12. The highest BCUT2D eigenvalue weighted by Crippen LogP contribution is 2.27. The molecular weight excluding hydrogens is 238 g/mol. The molecule has 94 valence electrons. The monoisotopic (exact) mass is 255 g/mol. The number of likely N-dealkylation sites (tertiary alicyclic amines) is 1. The zero-order chi connectivity index (χ0) is 12.3. The molecule has 2 rings (SSSR count). The normalized spacial score (nSPS) is 19.3. The third kappa shape index (κ3) is 2.51. The lowest BCUT2D eigenvalue weighted by Crippen LogP contribution is -2.48. The number of rotatable bonds is 3. The third-order valence-corrected chi connectivity index (χ3v) is 4.15. The van der Waals surface area contributed by atoms with Crippen LogP contribution in [0.4, 0.5) is 0 Å². The minimum atomic E-state index is -0.508. The van der Waals surface area contributed by atoms with Crippen LogP contribution in [-0.4, -0.2) is 43.9 Å². The summed E-state index contributed by atoms with van der Waals surface area (Å²) in [7, 11) is 3.31. The summed E-state index contributed by atoms with van der Waals surface area (Å²) < 4.78 is 10.8. The number of ether oxygens (including phenoxy) is 2. The molecule has 0 unspecified atom stereocenters. The summed E-state index contributed by atoms with van der Waals surface area (Å²) in [6.07, 6.45) is 1.44. The Labute approximate surface area is 105 Å². The van der Waals surface area contributed by atoms with Crippen molar-refractivity contribution in [1.29, 1.82) is 0 Å². The summed E-state index contributed by atoms with van der Waals surface area (Å²) in [4.78, 5) is 14.8. The molecule has 1 aromatic heterocycles. The van der Waals surface area contributed by atoms with E-state index in [0.717, 1.165) is 17.7 Å². The molecule has 0 aromatic carbocycles. The number of hydrogen-bond donors (Lipinski definition) is 0. The van der Waals surface area contributed by atoms with Crippen molar-refractivity contribution in [3.8, 4) is 0 Å². The van der Waals surface area contributed by atoms with Gasteiger partial charge >= 0.3 is 0 Å². The first-order valence-electron chi connectivity index (χ1n) is 5.64. The largest absolute Gasteiger partial charge is 0.353 e. The Bertz CT molecular complexity index is 363. The Hall–Kier alpha value is -0.910. The minimum absolute atomic E-state index is 0.112. The average molecular weight is 255 g/mol. The smallest absolute Gasteiger partial charge is 0.263 e. The standard InChI is InChI=1S/C12H17NO3S/c1-15-12(16-2)5-7-13(8-6-12)11(14)10-4-3-9-17-10/h3-4,9H,5-8H2,1-2H3. The lowest BCUT2D eigenvalue weighted by atomic mass is 10.0. The Balaban J connectivity index is 1.97. The van der Waals surface area contributed by atoms with Gasteiger partial charge in [-0.2, -0.15) is 0 Å². The van der Waals surface area contributed by atoms with Gasteiger partial charge in [0.2, 0.25) is 0 Å². The van der Waals surface area contributed by atoms with Crippen LogP contribution in [0.3, 0.4) is 0 Å². The maximum atomic E-state index is 12.1. The summed E-state index contributed by atoms with van der Waals surface area (Å²) >= 11 is 1.48. The van der Waals surface area contributed by atoms with E-state index in [1.165, 1.54) is 11.3 Å². The van der Waals surface area contributed by atoms with Gasteiger partial charge in [-0.05, 0) is 11.4 Å². The summed E-state index contributed by atoms with van der Waals surface area (Å²) in [5.41, 5.74) is 0. The molecule has 1 aromatic rings. The van der Waals surface area contributed by atoms with Crippen LogP contribution in [0.2, 0.25) is 0 Å². The van der Waals surface area contributed by atoms with E-state index in [2.05, 4.69) is 0 Å². The van der Waals surface area contributed by atoms with Crippen LogP contribution in [0.1, 0.15) is 22.5 Å². The maximum Gasteiger partial charge on any atom is 0.263 e. The Morgan fingerprint density at radius 3 is 2.47 bits per heavy atom. The van der Waals surface area contributed by atoms with Crippen molar-refractivity contribution in [1.82, 2.24) is 4.90 Å². The molecule has 0 radical (unpaired) electrons. The molecule has 17 heavy (non-hydrogen) atoms. The van der Waals surface area contributed by atoms with E-state index in [1.54, 1.807) is 14.2 Å². The lowest BCUT2D eigenvalue weighted by Gasteiger charge is -2.39. The molecule has 0 bridgehead atoms. The van der Waals surface area contributed by atoms with Crippen LogP contribution in [-0.2, 0) is 9.47 Å². The lowest BCUT2D eigenvalue weighted by molar-refractivity contribution is -0.226. The van der Waals surface area contributed by atoms with E-state index in [9.17, 15) is 4.79 Å². The predicted molar refractivity (Wildman–Crippen MR) is 66.2 cm³/mol. The zero-order valence-corrected chi connectivity index (χ0v) is 11.0. The molecule has 0 aliphatic carbocycles. The Kier molecular flexibility index (Phi) is 3.81. The van der Waals surface area contributed by atoms with E-state index in [1.807, 2.05) is 22.4 Å². The van der Waals surface area contributed by atoms with Crippen LogP contribution < -0.4 is 0 Å². The zero-order valence-electron chi connectivity index (χ0n) is 10.1. The molecule has 5 heteroatoms. The number of methoxy groups -OCH3 is 2. The first-order chi connectivity index (χ1) is 8.21. The summed E-state index contributed by atoms with van der Waals surface area (Å²) in [6.45, 7) is 1.36. The number of carbonyl (C=O) groups excluding carboxylic acids is 1. The van der Waals surface area contributed by atoms with Crippen molar-refractivity contribution >= 4 is 17.2 Å². The molecule has 1 saturated heterocycles. The molecule has 1 aliphatic rings. The van der Waals surface area contributed by atoms with Crippen molar-refractivity contribution < 1.29 is 14.3 Å². The van der Waals surface area contributed by atoms with Crippen LogP contribution in [0.5, 0.6) is 0 Å². The van der Waals surface area contributed by atoms with Crippen molar-refractivity contribution in [2.45, 2.75) is 18.6 Å². The number of hydrogen-bond acceptors (Lipinski definition) is 4. The van der Waals surface area contributed by atoms with Crippen molar-refractivity contribution in [3.63, 3.8) is 0 Å². The van der Waals surface area contributed by atoms with Gasteiger partial charge in [-0.1, -0.05) is 6.07 Å². The number of piperidine rings is 1. The number of thiophene rings is 1. The van der Waals surface area contributed by atoms with Gasteiger partial charge in [-0.3, -0.25) is 4.79 Å². The molecular formula is C12H17NO3S. The van der Waals surface area contributed by atoms with Gasteiger partial charge in [0.05, 0.1) is 4.88 Å². The number of nitrogens with zero attached hydrogens (tertiary/aromatic N) is 1. The molecule has 0 saturated carbocycles. The summed E-state index contributed by atoms with van der Waals surface area (Å²) in [5.74, 6) is -0.396. The second-order valence-corrected chi connectivity index (χ2v) is 5.04. The van der Waals surface area contributed by atoms with Crippen LogP contribution in [0.25, 0.3) is 0 Å². The third-order valence-electron chi connectivity index (χ3n) is 3.29. The number of carbonyl (C=O) groups is 1. The van der Waals surface area contributed by atoms with Crippen LogP contribution in [0, 0.1) is 0 Å². The molecule has 0 N–H and O–H groups in total. The van der Waals surface area contributed by atoms with Gasteiger partial charge in [-0.15, -0.1) is 11.3 Å². The second-order valence-electron chi connectivity index (χ2n) is 4.09. The fourth-order valence-electron chi connectivity index (χ4n) is 2.10. The SMILES string of the molecule is COC1(OC)CCN(C(=O)c2cccs2)CC1. The topological polar surface area (TPSA) is 38.8 Å². The first-order valence-corrected chi connectivity index (χ1v) is 6.52. The second kappa shape index (κ2) is 5.16. The molecule has 4 nitrogen and oxygen atoms in total. The van der Waals surface area contributed by atoms with E-state index in [0.29, 0.717) is 13.1 Å². The van der Waals surface area contributed by atoms with Crippen LogP contribution in [0.15, 0.2) is 17.5 Å². The van der Waals surface area contributed by atoms with E-state index in [-0.39, 0.29) is 5.91 Å². The fourth-order valence-corrected chi connectivity index (χ4v) is 2.79. The Morgan fingerprint density at radius 1 is 1.35 bits per heavy atom. The molecule has 1 amide bonds. The van der Waals surface area contributed by atoms with Gasteiger partial charge in [0, 0.05) is 40.2 Å². The Morgan fingerprint density at radius 2 is 2.00 bits per heavy atom. The van der Waals surface area contributed by atoms with Gasteiger partial charge < -0.3 is 14.4 Å². The molecule has 0 atom stereocenters. The molecule has 0 spiro atoms. The van der Waals surface area contributed by atoms with E-state index in [4.69, 9.17) is 9.47 Å². The van der Waals surface area contributed by atoms with Crippen LogP contribution >= 0.6 is 11.3 Å². The average Bonchev–Trinajstić information content (AvgIpc) is 2.92. The molecule has 2 heterocycles. The minimum Gasteiger partial charge on any atom is -0.353 e. The van der Waals surface area contributed by atoms with E-state index < -0.39 is 5.79 Å². The predicted octanol–water partition coefficient (Wildman–Crippen LogP) is 1.97. The van der Waals surface area contributed by atoms with E-state index >= 15 is 0 Å². The van der Waals surface area contributed by atoms with Gasteiger partial charge in [-0.25, -0.2) is 0 Å². The van der Waals surface area contributed by atoms with Crippen molar-refractivity contribution in [3.05, 3.63) is 22.4 Å². The summed E-state index contributed by atoms with van der Waals surface area (Å²) in [5, 5.41) is 1.92. The maximum absolute atomic E-state index is 12.1. The number of amides is 1. The van der Waals surface area contributed by atoms with Gasteiger partial charge in [0.15, 0.2) is 5.79 Å². The fraction of sp³-hybridized carbons (Fsp3) is 0.583. The highest BCUT2D eigenvalue weighted by Gasteiger charge is 2.36. The highest BCUT2D eigenvalue weighted by atomic mass is 32.1.